The van der Waals surface area contributed by atoms with Crippen LogP contribution in [0.3, 0.4) is 0 Å². The minimum absolute atomic E-state index is 0.00602. The molecule has 3 amide bonds. The van der Waals surface area contributed by atoms with Gasteiger partial charge in [0, 0.05) is 92.5 Å². The molecule has 2 aromatic carbocycles. The topological polar surface area (TPSA) is 137 Å². The molecule has 5 aromatic rings. The molecule has 1 spiro atoms. The van der Waals surface area contributed by atoms with Crippen LogP contribution in [-0.4, -0.2) is 94.6 Å². The number of imidazole rings is 1. The first-order valence-corrected chi connectivity index (χ1v) is 20.2. The van der Waals surface area contributed by atoms with E-state index in [-0.39, 0.29) is 30.0 Å². The lowest BCUT2D eigenvalue weighted by atomic mass is 9.71. The molecule has 5 aliphatic rings. The van der Waals surface area contributed by atoms with E-state index in [0.29, 0.717) is 24.4 Å². The van der Waals surface area contributed by atoms with Crippen LogP contribution in [0.15, 0.2) is 47.3 Å². The van der Waals surface area contributed by atoms with E-state index in [9.17, 15) is 19.2 Å². The summed E-state index contributed by atoms with van der Waals surface area (Å²) >= 11 is 1.55. The molecule has 54 heavy (non-hydrogen) atoms. The molecular formula is C40H45N9O4S. The van der Waals surface area contributed by atoms with Gasteiger partial charge < -0.3 is 20.4 Å². The molecule has 5 aliphatic heterocycles. The fourth-order valence-corrected chi connectivity index (χ4v) is 10.9. The van der Waals surface area contributed by atoms with Crippen LogP contribution in [0.25, 0.3) is 32.0 Å². The molecule has 0 aliphatic carbocycles. The van der Waals surface area contributed by atoms with Crippen LogP contribution in [-0.2, 0) is 16.6 Å². The van der Waals surface area contributed by atoms with Crippen molar-refractivity contribution in [3.63, 3.8) is 0 Å². The molecule has 0 radical (unpaired) electrons. The van der Waals surface area contributed by atoms with Gasteiger partial charge in [-0.25, -0.2) is 9.78 Å². The summed E-state index contributed by atoms with van der Waals surface area (Å²) in [5, 5.41) is 11.2. The van der Waals surface area contributed by atoms with Crippen molar-refractivity contribution in [2.45, 2.75) is 63.6 Å². The van der Waals surface area contributed by atoms with Crippen LogP contribution in [0.5, 0.6) is 0 Å². The molecule has 3 N–H and O–H groups in total. The van der Waals surface area contributed by atoms with Gasteiger partial charge in [0.05, 0.1) is 22.2 Å². The Balaban J connectivity index is 0.762. The Morgan fingerprint density at radius 2 is 1.69 bits per heavy atom. The van der Waals surface area contributed by atoms with Crippen molar-refractivity contribution in [2.75, 3.05) is 60.9 Å². The highest BCUT2D eigenvalue weighted by atomic mass is 32.1. The summed E-state index contributed by atoms with van der Waals surface area (Å²) in [6, 6.07) is 14.7. The Hall–Kier alpha value is -4.95. The average Bonchev–Trinajstić information content (AvgIpc) is 3.62. The van der Waals surface area contributed by atoms with Gasteiger partial charge in [0.1, 0.15) is 16.7 Å². The van der Waals surface area contributed by atoms with Crippen molar-refractivity contribution in [1.29, 1.82) is 0 Å². The number of anilines is 3. The predicted octanol–water partition coefficient (Wildman–Crippen LogP) is 4.20. The zero-order valence-electron chi connectivity index (χ0n) is 30.7. The summed E-state index contributed by atoms with van der Waals surface area (Å²) in [4.78, 5) is 63.9. The number of piperidine rings is 3. The molecule has 10 rings (SSSR count). The monoisotopic (exact) mass is 747 g/mol. The minimum atomic E-state index is -0.674. The standard InChI is InChI=1S/C40H45N9O4S/c1-23-20-41-35-34-26-4-9-32(43-27(26)5-8-31(34)54-36(35)38(52)42-23)47-15-11-24(12-16-47)48-21-40(22-48)13-17-46(18-14-40)25-3-6-28-30(19-25)45(2)39(53)49(28)29-7-10-33(50)44-37(29)51/h3-6,8-9,19,23-24,29,41H,7,10-18,20-22H2,1-2H3,(H,42,52)(H,44,50,51)/t23-,29?/m1/s1. The van der Waals surface area contributed by atoms with E-state index in [0.717, 1.165) is 119 Å². The second kappa shape index (κ2) is 12.6. The third-order valence-electron chi connectivity index (χ3n) is 12.8. The van der Waals surface area contributed by atoms with E-state index < -0.39 is 11.9 Å². The van der Waals surface area contributed by atoms with Crippen LogP contribution in [0.2, 0.25) is 0 Å². The quantitative estimate of drug-likeness (QED) is 0.231. The molecule has 1 unspecified atom stereocenters. The van der Waals surface area contributed by atoms with Crippen LogP contribution in [0.1, 0.15) is 61.2 Å². The number of amides is 3. The first kappa shape index (κ1) is 33.6. The average molecular weight is 748 g/mol. The van der Waals surface area contributed by atoms with Crippen molar-refractivity contribution in [1.82, 2.24) is 29.7 Å². The van der Waals surface area contributed by atoms with E-state index in [1.54, 1.807) is 27.5 Å². The van der Waals surface area contributed by atoms with Gasteiger partial charge in [-0.05, 0) is 86.9 Å². The fourth-order valence-electron chi connectivity index (χ4n) is 9.76. The van der Waals surface area contributed by atoms with Crippen molar-refractivity contribution < 1.29 is 14.4 Å². The normalized spacial score (nSPS) is 23.7. The van der Waals surface area contributed by atoms with Gasteiger partial charge in [0.15, 0.2) is 0 Å². The third kappa shape index (κ3) is 5.39. The lowest BCUT2D eigenvalue weighted by molar-refractivity contribution is -0.135. The van der Waals surface area contributed by atoms with E-state index in [2.05, 4.69) is 67.0 Å². The summed E-state index contributed by atoms with van der Waals surface area (Å²) in [6.07, 6.45) is 5.13. The molecule has 8 heterocycles. The number of imide groups is 1. The first-order chi connectivity index (χ1) is 26.1. The van der Waals surface area contributed by atoms with Gasteiger partial charge in [-0.3, -0.25) is 33.7 Å². The van der Waals surface area contributed by atoms with E-state index >= 15 is 0 Å². The van der Waals surface area contributed by atoms with E-state index in [1.807, 2.05) is 13.0 Å². The maximum Gasteiger partial charge on any atom is 0.329 e. The highest BCUT2D eigenvalue weighted by Crippen LogP contribution is 2.45. The van der Waals surface area contributed by atoms with Crippen LogP contribution in [0, 0.1) is 5.41 Å². The number of hydrogen-bond acceptors (Lipinski definition) is 10. The number of aromatic nitrogens is 3. The molecule has 4 fully saturated rings. The Morgan fingerprint density at radius 1 is 0.889 bits per heavy atom. The third-order valence-corrected chi connectivity index (χ3v) is 14.0. The largest absolute Gasteiger partial charge is 0.381 e. The number of benzene rings is 2. The summed E-state index contributed by atoms with van der Waals surface area (Å²) in [5.41, 5.74) is 4.67. The van der Waals surface area contributed by atoms with E-state index in [4.69, 9.17) is 4.98 Å². The smallest absolute Gasteiger partial charge is 0.329 e. The summed E-state index contributed by atoms with van der Waals surface area (Å²) in [7, 11) is 1.75. The molecule has 13 nitrogen and oxygen atoms in total. The summed E-state index contributed by atoms with van der Waals surface area (Å²) < 4.78 is 4.27. The second-order valence-corrected chi connectivity index (χ2v) is 17.3. The lowest BCUT2D eigenvalue weighted by Crippen LogP contribution is -2.64. The maximum atomic E-state index is 13.3. The lowest BCUT2D eigenvalue weighted by Gasteiger charge is -2.57. The number of likely N-dealkylation sites (tertiary alicyclic amines) is 1. The number of carbonyl (C=O) groups excluding carboxylic acids is 3. The number of pyridine rings is 1. The number of nitrogens with zero attached hydrogens (tertiary/aromatic N) is 6. The number of thiophene rings is 1. The molecule has 3 aromatic heterocycles. The number of aryl methyl sites for hydroxylation is 1. The van der Waals surface area contributed by atoms with Crippen molar-refractivity contribution >= 4 is 78.3 Å². The number of fused-ring (bicyclic) bond motifs is 6. The van der Waals surface area contributed by atoms with Crippen molar-refractivity contribution in [2.24, 2.45) is 12.5 Å². The zero-order valence-corrected chi connectivity index (χ0v) is 31.5. The van der Waals surface area contributed by atoms with Crippen molar-refractivity contribution in [3.05, 3.63) is 57.8 Å². The Bertz CT molecular complexity index is 2430. The fraction of sp³-hybridized carbons (Fsp3) is 0.475. The summed E-state index contributed by atoms with van der Waals surface area (Å²) in [5.74, 6) is 0.326. The molecule has 2 atom stereocenters. The maximum absolute atomic E-state index is 13.3. The Labute approximate surface area is 316 Å². The number of rotatable bonds is 4. The van der Waals surface area contributed by atoms with Crippen LogP contribution >= 0.6 is 11.3 Å². The van der Waals surface area contributed by atoms with Crippen LogP contribution < -0.4 is 31.4 Å². The van der Waals surface area contributed by atoms with Gasteiger partial charge >= 0.3 is 5.69 Å². The Kier molecular flexibility index (Phi) is 7.81. The van der Waals surface area contributed by atoms with Gasteiger partial charge in [-0.1, -0.05) is 0 Å². The van der Waals surface area contributed by atoms with Gasteiger partial charge in [0.2, 0.25) is 11.8 Å². The van der Waals surface area contributed by atoms with Gasteiger partial charge in [-0.2, -0.15) is 0 Å². The molecule has 14 heteroatoms. The van der Waals surface area contributed by atoms with Crippen molar-refractivity contribution in [3.8, 4) is 0 Å². The molecule has 0 saturated carbocycles. The van der Waals surface area contributed by atoms with Gasteiger partial charge in [-0.15, -0.1) is 11.3 Å². The molecule has 4 saturated heterocycles. The predicted molar refractivity (Wildman–Crippen MR) is 212 cm³/mol. The number of nitrogens with one attached hydrogen (secondary N) is 3. The minimum Gasteiger partial charge on any atom is -0.381 e. The van der Waals surface area contributed by atoms with E-state index in [1.165, 1.54) is 0 Å². The molecule has 280 valence electrons. The highest BCUT2D eigenvalue weighted by Gasteiger charge is 2.47. The molecular weight excluding hydrogens is 703 g/mol. The first-order valence-electron chi connectivity index (χ1n) is 19.3. The zero-order chi connectivity index (χ0) is 36.9. The number of carbonyl (C=O) groups is 3. The summed E-state index contributed by atoms with van der Waals surface area (Å²) in [6.45, 7) is 8.99. The van der Waals surface area contributed by atoms with Gasteiger partial charge in [0.25, 0.3) is 5.91 Å². The number of hydrogen-bond donors (Lipinski definition) is 3. The highest BCUT2D eigenvalue weighted by molar-refractivity contribution is 7.21. The SMILES string of the molecule is C[C@@H]1CNc2c(sc3ccc4nc(N5CCC(N6CC7(CCN(c8ccc9c(c8)n(C)c(=O)n9C8CCC(=O)NC8=O)CC7)C6)CC5)ccc4c23)C(=O)N1. The second-order valence-electron chi connectivity index (χ2n) is 16.2. The molecule has 0 bridgehead atoms. The Morgan fingerprint density at radius 3 is 2.46 bits per heavy atom. The van der Waals surface area contributed by atoms with Crippen LogP contribution in [0.4, 0.5) is 17.2 Å².